The molecule has 60 valence electrons. The van der Waals surface area contributed by atoms with Crippen molar-refractivity contribution in [2.45, 2.75) is 25.7 Å². The van der Waals surface area contributed by atoms with Crippen LogP contribution in [0.25, 0.3) is 0 Å². The fourth-order valence-electron chi connectivity index (χ4n) is 1.73. The van der Waals surface area contributed by atoms with Gasteiger partial charge in [0.25, 0.3) is 0 Å². The van der Waals surface area contributed by atoms with Crippen molar-refractivity contribution in [3.05, 3.63) is 0 Å². The summed E-state index contributed by atoms with van der Waals surface area (Å²) in [6.45, 7) is 0.624. The van der Waals surface area contributed by atoms with Gasteiger partial charge >= 0.3 is 0 Å². The van der Waals surface area contributed by atoms with Crippen LogP contribution in [0, 0.1) is 11.8 Å². The molecule has 0 bridgehead atoms. The van der Waals surface area contributed by atoms with E-state index < -0.39 is 0 Å². The molecular weight excluding hydrogens is 128 g/mol. The van der Waals surface area contributed by atoms with Gasteiger partial charge in [0.1, 0.15) is 0 Å². The first kappa shape index (κ1) is 8.02. The number of rotatable bonds is 4. The molecule has 2 atom stereocenters. The summed E-state index contributed by atoms with van der Waals surface area (Å²) < 4.78 is 0. The van der Waals surface area contributed by atoms with E-state index in [1.807, 2.05) is 0 Å². The van der Waals surface area contributed by atoms with E-state index in [0.717, 1.165) is 12.8 Å². The Morgan fingerprint density at radius 3 is 1.50 bits per heavy atom. The number of aliphatic hydroxyl groups excluding tert-OH is 2. The number of hydrogen-bond acceptors (Lipinski definition) is 2. The molecule has 0 radical (unpaired) electrons. The monoisotopic (exact) mass is 144 g/mol. The van der Waals surface area contributed by atoms with Gasteiger partial charge in [-0.1, -0.05) is 0 Å². The van der Waals surface area contributed by atoms with Crippen LogP contribution in [-0.4, -0.2) is 23.4 Å². The number of aliphatic hydroxyl groups is 2. The fraction of sp³-hybridized carbons (Fsp3) is 1.00. The van der Waals surface area contributed by atoms with Gasteiger partial charge < -0.3 is 10.2 Å². The molecule has 0 heterocycles. The molecule has 0 spiro atoms. The smallest absolute Gasteiger partial charge is 0.0433 e. The fourth-order valence-corrected chi connectivity index (χ4v) is 1.73. The van der Waals surface area contributed by atoms with Gasteiger partial charge in [-0.2, -0.15) is 0 Å². The summed E-state index contributed by atoms with van der Waals surface area (Å²) in [5, 5.41) is 17.3. The van der Waals surface area contributed by atoms with Crippen molar-refractivity contribution in [2.75, 3.05) is 13.2 Å². The average Bonchev–Trinajstić information content (AvgIpc) is 1.93. The van der Waals surface area contributed by atoms with E-state index in [0.29, 0.717) is 25.0 Å². The summed E-state index contributed by atoms with van der Waals surface area (Å²) in [5.41, 5.74) is 0. The minimum absolute atomic E-state index is 0.312. The molecule has 1 saturated carbocycles. The highest BCUT2D eigenvalue weighted by Crippen LogP contribution is 2.38. The lowest BCUT2D eigenvalue weighted by Gasteiger charge is -2.36. The van der Waals surface area contributed by atoms with Gasteiger partial charge in [0, 0.05) is 13.2 Å². The minimum atomic E-state index is 0.312. The van der Waals surface area contributed by atoms with E-state index in [2.05, 4.69) is 0 Å². The molecule has 0 aliphatic heterocycles. The quantitative estimate of drug-likeness (QED) is 0.612. The molecule has 1 aliphatic carbocycles. The molecule has 0 amide bonds. The van der Waals surface area contributed by atoms with Gasteiger partial charge in [0.05, 0.1) is 0 Å². The molecule has 2 nitrogen and oxygen atoms in total. The summed E-state index contributed by atoms with van der Waals surface area (Å²) in [6.07, 6.45) is 4.38. The predicted molar refractivity (Wildman–Crippen MR) is 39.6 cm³/mol. The number of hydrogen-bond donors (Lipinski definition) is 2. The first-order valence-electron chi connectivity index (χ1n) is 4.10. The first-order valence-corrected chi connectivity index (χ1v) is 4.10. The van der Waals surface area contributed by atoms with Gasteiger partial charge in [0.2, 0.25) is 0 Å². The van der Waals surface area contributed by atoms with Gasteiger partial charge in [-0.25, -0.2) is 0 Å². The third-order valence-electron chi connectivity index (χ3n) is 2.57. The zero-order valence-electron chi connectivity index (χ0n) is 6.29. The molecule has 10 heavy (non-hydrogen) atoms. The normalized spacial score (nSPS) is 31.8. The van der Waals surface area contributed by atoms with E-state index in [1.165, 1.54) is 12.8 Å². The van der Waals surface area contributed by atoms with E-state index in [-0.39, 0.29) is 0 Å². The minimum Gasteiger partial charge on any atom is -0.396 e. The molecule has 0 unspecified atom stereocenters. The van der Waals surface area contributed by atoms with Crippen molar-refractivity contribution in [2.24, 2.45) is 11.8 Å². The molecule has 1 aliphatic rings. The van der Waals surface area contributed by atoms with Crippen LogP contribution in [0.4, 0.5) is 0 Å². The van der Waals surface area contributed by atoms with Crippen LogP contribution in [0.1, 0.15) is 25.7 Å². The summed E-state index contributed by atoms with van der Waals surface area (Å²) in [5.74, 6) is 1.41. The second kappa shape index (κ2) is 3.94. The Morgan fingerprint density at radius 1 is 0.900 bits per heavy atom. The third kappa shape index (κ3) is 1.70. The summed E-state index contributed by atoms with van der Waals surface area (Å²) in [6, 6.07) is 0. The molecule has 2 heteroatoms. The largest absolute Gasteiger partial charge is 0.396 e. The topological polar surface area (TPSA) is 40.5 Å². The highest BCUT2D eigenvalue weighted by Gasteiger charge is 2.28. The SMILES string of the molecule is OCC[C@@H]1CC[C@@H]1CCO. The standard InChI is InChI=1S/C8H16O2/c9-5-3-7-1-2-8(7)4-6-10/h7-10H,1-6H2/t7-,8+. The Bertz CT molecular complexity index is 81.3. The molecular formula is C8H16O2. The van der Waals surface area contributed by atoms with Gasteiger partial charge in [-0.05, 0) is 37.5 Å². The van der Waals surface area contributed by atoms with Crippen LogP contribution < -0.4 is 0 Å². The Labute approximate surface area is 61.9 Å². The van der Waals surface area contributed by atoms with Gasteiger partial charge in [0.15, 0.2) is 0 Å². The van der Waals surface area contributed by atoms with Crippen LogP contribution in [0.15, 0.2) is 0 Å². The third-order valence-corrected chi connectivity index (χ3v) is 2.57. The maximum absolute atomic E-state index is 8.63. The van der Waals surface area contributed by atoms with Crippen LogP contribution in [0.2, 0.25) is 0 Å². The maximum Gasteiger partial charge on any atom is 0.0433 e. The lowest BCUT2D eigenvalue weighted by Crippen LogP contribution is -2.27. The van der Waals surface area contributed by atoms with Crippen LogP contribution in [-0.2, 0) is 0 Å². The van der Waals surface area contributed by atoms with E-state index in [9.17, 15) is 0 Å². The summed E-state index contributed by atoms with van der Waals surface area (Å²) in [7, 11) is 0. The predicted octanol–water partition coefficient (Wildman–Crippen LogP) is 0.777. The Balaban J connectivity index is 2.09. The Kier molecular flexibility index (Phi) is 3.16. The maximum atomic E-state index is 8.63. The molecule has 0 aromatic heterocycles. The zero-order chi connectivity index (χ0) is 7.40. The van der Waals surface area contributed by atoms with E-state index >= 15 is 0 Å². The average molecular weight is 144 g/mol. The Hall–Kier alpha value is -0.0800. The zero-order valence-corrected chi connectivity index (χ0v) is 6.29. The lowest BCUT2D eigenvalue weighted by molar-refractivity contribution is 0.102. The molecule has 0 saturated heterocycles. The molecule has 0 aromatic rings. The van der Waals surface area contributed by atoms with Crippen molar-refractivity contribution in [1.82, 2.24) is 0 Å². The van der Waals surface area contributed by atoms with Crippen molar-refractivity contribution >= 4 is 0 Å². The lowest BCUT2D eigenvalue weighted by atomic mass is 9.70. The van der Waals surface area contributed by atoms with Crippen molar-refractivity contribution < 1.29 is 10.2 Å². The second-order valence-electron chi connectivity index (χ2n) is 3.12. The molecule has 0 aromatic carbocycles. The van der Waals surface area contributed by atoms with Gasteiger partial charge in [-0.3, -0.25) is 0 Å². The summed E-state index contributed by atoms with van der Waals surface area (Å²) in [4.78, 5) is 0. The van der Waals surface area contributed by atoms with Crippen molar-refractivity contribution in [1.29, 1.82) is 0 Å². The Morgan fingerprint density at radius 2 is 1.30 bits per heavy atom. The summed E-state index contributed by atoms with van der Waals surface area (Å²) >= 11 is 0. The van der Waals surface area contributed by atoms with Crippen LogP contribution in [0.3, 0.4) is 0 Å². The highest BCUT2D eigenvalue weighted by molar-refractivity contribution is 4.79. The van der Waals surface area contributed by atoms with Gasteiger partial charge in [-0.15, -0.1) is 0 Å². The molecule has 1 rings (SSSR count). The van der Waals surface area contributed by atoms with Crippen molar-refractivity contribution in [3.8, 4) is 0 Å². The second-order valence-corrected chi connectivity index (χ2v) is 3.12. The molecule has 1 fully saturated rings. The van der Waals surface area contributed by atoms with E-state index in [1.54, 1.807) is 0 Å². The highest BCUT2D eigenvalue weighted by atomic mass is 16.3. The first-order chi connectivity index (χ1) is 4.88. The van der Waals surface area contributed by atoms with Crippen LogP contribution >= 0.6 is 0 Å². The van der Waals surface area contributed by atoms with Crippen molar-refractivity contribution in [3.63, 3.8) is 0 Å². The van der Waals surface area contributed by atoms with Crippen LogP contribution in [0.5, 0.6) is 0 Å². The molecule has 2 N–H and O–H groups in total. The van der Waals surface area contributed by atoms with E-state index in [4.69, 9.17) is 10.2 Å².